The zero-order valence-electron chi connectivity index (χ0n) is 16.0. The van der Waals surface area contributed by atoms with Crippen LogP contribution in [0.5, 0.6) is 0 Å². The van der Waals surface area contributed by atoms with Gasteiger partial charge in [-0.3, -0.25) is 4.79 Å². The number of hydrogen-bond donors (Lipinski definition) is 2. The second kappa shape index (κ2) is 7.58. The first kappa shape index (κ1) is 21.3. The van der Waals surface area contributed by atoms with Crippen molar-refractivity contribution in [3.63, 3.8) is 0 Å². The summed E-state index contributed by atoms with van der Waals surface area (Å²) < 4.78 is 27.1. The molecule has 1 aliphatic heterocycles. The Labute approximate surface area is 164 Å². The Bertz CT molecular complexity index is 744. The molecule has 0 aromatic heterocycles. The first-order chi connectivity index (χ1) is 11.8. The summed E-state index contributed by atoms with van der Waals surface area (Å²) in [4.78, 5) is 12.6. The van der Waals surface area contributed by atoms with Gasteiger partial charge in [0.2, 0.25) is 15.9 Å². The maximum absolute atomic E-state index is 12.6. The van der Waals surface area contributed by atoms with Crippen LogP contribution in [0.15, 0.2) is 33.6 Å². The van der Waals surface area contributed by atoms with Gasteiger partial charge in [-0.2, -0.15) is 4.31 Å². The number of nitrogens with one attached hydrogen (secondary N) is 1. The fraction of sp³-hybridized carbons (Fsp3) is 0.611. The lowest BCUT2D eigenvalue weighted by Crippen LogP contribution is -3.06. The van der Waals surface area contributed by atoms with Gasteiger partial charge in [0.05, 0.1) is 22.5 Å². The predicted molar refractivity (Wildman–Crippen MR) is 105 cm³/mol. The molecule has 2 rings (SSSR count). The monoisotopic (exact) mass is 446 g/mol. The number of amides is 1. The minimum atomic E-state index is -3.69. The fourth-order valence-corrected chi connectivity index (χ4v) is 5.36. The van der Waals surface area contributed by atoms with Crippen LogP contribution < -0.4 is 10.6 Å². The number of likely N-dealkylation sites (N-methyl/N-ethyl adjacent to an activating group) is 1. The number of nitrogens with zero attached hydrogens (tertiary/aromatic N) is 1. The van der Waals surface area contributed by atoms with Gasteiger partial charge in [-0.25, -0.2) is 8.42 Å². The van der Waals surface area contributed by atoms with E-state index in [9.17, 15) is 13.2 Å². The van der Waals surface area contributed by atoms with E-state index in [0.29, 0.717) is 0 Å². The SMILES string of the molecule is CN(CC(=O)NC1CC(C)(C)[NH2+]C(C)(C)C1)S(=O)(=O)c1ccc(Br)cc1. The molecule has 1 aliphatic rings. The minimum Gasteiger partial charge on any atom is -0.352 e. The maximum Gasteiger partial charge on any atom is 0.243 e. The Morgan fingerprint density at radius 1 is 1.19 bits per heavy atom. The normalized spacial score (nSPS) is 20.1. The Hall–Kier alpha value is -0.960. The van der Waals surface area contributed by atoms with Crippen molar-refractivity contribution in [1.82, 2.24) is 9.62 Å². The van der Waals surface area contributed by atoms with E-state index in [1.54, 1.807) is 12.1 Å². The van der Waals surface area contributed by atoms with E-state index >= 15 is 0 Å². The topological polar surface area (TPSA) is 83.1 Å². The summed E-state index contributed by atoms with van der Waals surface area (Å²) in [7, 11) is -2.26. The number of hydrogen-bond acceptors (Lipinski definition) is 3. The first-order valence-corrected chi connectivity index (χ1v) is 10.9. The molecule has 0 atom stereocenters. The number of halogens is 1. The van der Waals surface area contributed by atoms with Crippen LogP contribution in [0.3, 0.4) is 0 Å². The lowest BCUT2D eigenvalue weighted by atomic mass is 9.79. The summed E-state index contributed by atoms with van der Waals surface area (Å²) >= 11 is 3.29. The molecule has 1 saturated heterocycles. The van der Waals surface area contributed by atoms with Crippen molar-refractivity contribution in [3.05, 3.63) is 28.7 Å². The molecule has 146 valence electrons. The van der Waals surface area contributed by atoms with Crippen LogP contribution in [0.2, 0.25) is 0 Å². The van der Waals surface area contributed by atoms with E-state index in [2.05, 4.69) is 54.3 Å². The summed E-state index contributed by atoms with van der Waals surface area (Å²) in [6.07, 6.45) is 1.71. The molecule has 0 radical (unpaired) electrons. The van der Waals surface area contributed by atoms with Crippen molar-refractivity contribution in [1.29, 1.82) is 0 Å². The largest absolute Gasteiger partial charge is 0.352 e. The van der Waals surface area contributed by atoms with Gasteiger partial charge >= 0.3 is 0 Å². The summed E-state index contributed by atoms with van der Waals surface area (Å²) in [6, 6.07) is 6.43. The Kier molecular flexibility index (Phi) is 6.22. The van der Waals surface area contributed by atoms with Crippen molar-refractivity contribution in [3.8, 4) is 0 Å². The van der Waals surface area contributed by atoms with E-state index in [1.165, 1.54) is 19.2 Å². The maximum atomic E-state index is 12.6. The van der Waals surface area contributed by atoms with Crippen LogP contribution in [0.4, 0.5) is 0 Å². The number of nitrogens with two attached hydrogens (primary N) is 1. The summed E-state index contributed by atoms with van der Waals surface area (Å²) in [5.74, 6) is -0.272. The molecule has 3 N–H and O–H groups in total. The third kappa shape index (κ3) is 5.52. The lowest BCUT2D eigenvalue weighted by Gasteiger charge is -2.43. The van der Waals surface area contributed by atoms with Crippen LogP contribution in [-0.4, -0.2) is 49.3 Å². The Morgan fingerprint density at radius 3 is 2.19 bits per heavy atom. The average Bonchev–Trinajstić information content (AvgIpc) is 2.43. The third-order valence-electron chi connectivity index (χ3n) is 4.58. The lowest BCUT2D eigenvalue weighted by molar-refractivity contribution is -0.787. The molecule has 6 nitrogen and oxygen atoms in total. The summed E-state index contributed by atoms with van der Waals surface area (Å²) in [5.41, 5.74) is 0.0736. The molecule has 1 fully saturated rings. The zero-order valence-corrected chi connectivity index (χ0v) is 18.4. The van der Waals surface area contributed by atoms with Gasteiger partial charge in [0.1, 0.15) is 0 Å². The number of carbonyl (C=O) groups excluding carboxylic acids is 1. The third-order valence-corrected chi connectivity index (χ3v) is 6.93. The fourth-order valence-electron chi connectivity index (χ4n) is 3.97. The highest BCUT2D eigenvalue weighted by molar-refractivity contribution is 9.10. The van der Waals surface area contributed by atoms with Gasteiger partial charge in [-0.05, 0) is 52.0 Å². The van der Waals surface area contributed by atoms with Crippen LogP contribution >= 0.6 is 15.9 Å². The molecule has 0 bridgehead atoms. The molecule has 1 aromatic rings. The molecule has 0 spiro atoms. The van der Waals surface area contributed by atoms with Gasteiger partial charge in [0.15, 0.2) is 0 Å². The van der Waals surface area contributed by atoms with E-state index in [-0.39, 0.29) is 34.5 Å². The van der Waals surface area contributed by atoms with Crippen molar-refractivity contribution in [2.24, 2.45) is 0 Å². The van der Waals surface area contributed by atoms with Gasteiger partial charge < -0.3 is 10.6 Å². The molecular weight excluding hydrogens is 418 g/mol. The number of piperidine rings is 1. The zero-order chi connectivity index (χ0) is 19.8. The molecule has 0 unspecified atom stereocenters. The quantitative estimate of drug-likeness (QED) is 0.717. The van der Waals surface area contributed by atoms with Crippen molar-refractivity contribution in [2.75, 3.05) is 13.6 Å². The van der Waals surface area contributed by atoms with E-state index < -0.39 is 10.0 Å². The van der Waals surface area contributed by atoms with Crippen LogP contribution in [0.1, 0.15) is 40.5 Å². The molecule has 1 amide bonds. The summed E-state index contributed by atoms with van der Waals surface area (Å²) in [6.45, 7) is 8.46. The second-order valence-corrected chi connectivity index (χ2v) is 11.5. The van der Waals surface area contributed by atoms with Gasteiger partial charge in [-0.15, -0.1) is 0 Å². The van der Waals surface area contributed by atoms with E-state index in [0.717, 1.165) is 21.6 Å². The number of benzene rings is 1. The molecule has 8 heteroatoms. The summed E-state index contributed by atoms with van der Waals surface area (Å²) in [5, 5.41) is 5.36. The molecule has 0 aliphatic carbocycles. The molecule has 0 saturated carbocycles. The van der Waals surface area contributed by atoms with Gasteiger partial charge in [-0.1, -0.05) is 15.9 Å². The van der Waals surface area contributed by atoms with E-state index in [1.807, 2.05) is 0 Å². The number of carbonyl (C=O) groups is 1. The molecular formula is C18H29BrN3O3S+. The highest BCUT2D eigenvalue weighted by Crippen LogP contribution is 2.22. The standard InChI is InChI=1S/C18H28BrN3O3S/c1-17(2)10-14(11-18(3,4)21-17)20-16(23)12-22(5)26(24,25)15-8-6-13(19)7-9-15/h6-9,14,21H,10-12H2,1-5H3,(H,20,23)/p+1. The van der Waals surface area contributed by atoms with Gasteiger partial charge in [0, 0.05) is 30.4 Å². The van der Waals surface area contributed by atoms with Crippen LogP contribution in [0.25, 0.3) is 0 Å². The average molecular weight is 447 g/mol. The molecule has 1 aromatic carbocycles. The molecule has 1 heterocycles. The highest BCUT2D eigenvalue weighted by atomic mass is 79.9. The Balaban J connectivity index is 2.01. The highest BCUT2D eigenvalue weighted by Gasteiger charge is 2.42. The van der Waals surface area contributed by atoms with Gasteiger partial charge in [0.25, 0.3) is 0 Å². The van der Waals surface area contributed by atoms with Crippen molar-refractivity contribution in [2.45, 2.75) is 62.6 Å². The first-order valence-electron chi connectivity index (χ1n) is 8.69. The molecule has 26 heavy (non-hydrogen) atoms. The number of sulfonamides is 1. The number of quaternary nitrogens is 1. The van der Waals surface area contributed by atoms with Crippen LogP contribution in [-0.2, 0) is 14.8 Å². The smallest absolute Gasteiger partial charge is 0.243 e. The van der Waals surface area contributed by atoms with Crippen molar-refractivity contribution < 1.29 is 18.5 Å². The predicted octanol–water partition coefficient (Wildman–Crippen LogP) is 1.47. The minimum absolute atomic E-state index is 0.0368. The van der Waals surface area contributed by atoms with E-state index in [4.69, 9.17) is 0 Å². The van der Waals surface area contributed by atoms with Crippen molar-refractivity contribution >= 4 is 31.9 Å². The van der Waals surface area contributed by atoms with Crippen LogP contribution in [0, 0.1) is 0 Å². The second-order valence-electron chi connectivity index (χ2n) is 8.51. The Morgan fingerprint density at radius 2 is 1.69 bits per heavy atom. The number of rotatable bonds is 5.